The van der Waals surface area contributed by atoms with Crippen LogP contribution in [0.5, 0.6) is 0 Å². The number of carbonyl (C=O) groups excluding carboxylic acids is 1. The Kier molecular flexibility index (Phi) is 5.94. The molecule has 2 atom stereocenters. The first-order valence-corrected chi connectivity index (χ1v) is 8.72. The summed E-state index contributed by atoms with van der Waals surface area (Å²) in [6.45, 7) is 5.16. The van der Waals surface area contributed by atoms with Gasteiger partial charge in [-0.3, -0.25) is 0 Å². The van der Waals surface area contributed by atoms with Crippen LogP contribution < -0.4 is 10.6 Å². The smallest absolute Gasteiger partial charge is 0.321 e. The molecule has 116 valence electrons. The second-order valence-corrected chi connectivity index (χ2v) is 6.61. The number of benzene rings is 1. The molecule has 1 heterocycles. The van der Waals surface area contributed by atoms with Crippen molar-refractivity contribution in [3.05, 3.63) is 29.8 Å². The van der Waals surface area contributed by atoms with Gasteiger partial charge in [0.05, 0.1) is 0 Å². The Morgan fingerprint density at radius 3 is 3.00 bits per heavy atom. The van der Waals surface area contributed by atoms with Gasteiger partial charge in [0.1, 0.15) is 0 Å². The van der Waals surface area contributed by atoms with Crippen molar-refractivity contribution in [2.75, 3.05) is 30.4 Å². The highest BCUT2D eigenvalue weighted by Crippen LogP contribution is 2.22. The lowest BCUT2D eigenvalue weighted by atomic mass is 10.1. The third kappa shape index (κ3) is 4.38. The summed E-state index contributed by atoms with van der Waals surface area (Å²) in [6.07, 6.45) is 1.09. The van der Waals surface area contributed by atoms with Crippen molar-refractivity contribution in [1.82, 2.24) is 10.2 Å². The summed E-state index contributed by atoms with van der Waals surface area (Å²) in [5, 5.41) is 6.39. The zero-order valence-electron chi connectivity index (χ0n) is 13.1. The minimum absolute atomic E-state index is 0.0178. The maximum Gasteiger partial charge on any atom is 0.321 e. The quantitative estimate of drug-likeness (QED) is 0.877. The molecule has 0 radical (unpaired) electrons. The summed E-state index contributed by atoms with van der Waals surface area (Å²) in [7, 11) is 1.89. The van der Waals surface area contributed by atoms with Crippen LogP contribution in [0.3, 0.4) is 0 Å². The molecule has 21 heavy (non-hydrogen) atoms. The predicted molar refractivity (Wildman–Crippen MR) is 91.0 cm³/mol. The monoisotopic (exact) mass is 307 g/mol. The largest absolute Gasteiger partial charge is 0.324 e. The molecule has 4 nitrogen and oxygen atoms in total. The first-order valence-electron chi connectivity index (χ1n) is 7.56. The van der Waals surface area contributed by atoms with Gasteiger partial charge in [-0.05, 0) is 43.3 Å². The van der Waals surface area contributed by atoms with Crippen LogP contribution in [0.4, 0.5) is 10.5 Å². The van der Waals surface area contributed by atoms with Gasteiger partial charge in [0.15, 0.2) is 0 Å². The van der Waals surface area contributed by atoms with Crippen molar-refractivity contribution < 1.29 is 4.79 Å². The average Bonchev–Trinajstić information content (AvgIpc) is 3.01. The predicted octanol–water partition coefficient (Wildman–Crippen LogP) is 3.33. The molecule has 1 aromatic rings. The zero-order chi connectivity index (χ0) is 15.2. The Morgan fingerprint density at radius 2 is 2.33 bits per heavy atom. The number of anilines is 1. The van der Waals surface area contributed by atoms with Crippen LogP contribution in [0.25, 0.3) is 0 Å². The second kappa shape index (κ2) is 7.71. The van der Waals surface area contributed by atoms with Crippen molar-refractivity contribution in [3.63, 3.8) is 0 Å². The molecule has 0 spiro atoms. The van der Waals surface area contributed by atoms with Crippen LogP contribution >= 0.6 is 11.8 Å². The van der Waals surface area contributed by atoms with Gasteiger partial charge in [-0.15, -0.1) is 0 Å². The SMILES string of the molecule is CCNC(C)c1cccc(NC(=O)N(C)C2CCSC2)c1. The highest BCUT2D eigenvalue weighted by Gasteiger charge is 2.23. The Labute approximate surface area is 131 Å². The average molecular weight is 307 g/mol. The van der Waals surface area contributed by atoms with E-state index >= 15 is 0 Å². The lowest BCUT2D eigenvalue weighted by Gasteiger charge is -2.24. The molecular weight excluding hydrogens is 282 g/mol. The number of thioether (sulfide) groups is 1. The van der Waals surface area contributed by atoms with Crippen molar-refractivity contribution in [3.8, 4) is 0 Å². The number of amides is 2. The molecule has 0 saturated carbocycles. The molecule has 2 amide bonds. The summed E-state index contributed by atoms with van der Waals surface area (Å²) >= 11 is 1.92. The highest BCUT2D eigenvalue weighted by atomic mass is 32.2. The van der Waals surface area contributed by atoms with Crippen molar-refractivity contribution in [1.29, 1.82) is 0 Å². The van der Waals surface area contributed by atoms with Gasteiger partial charge in [-0.25, -0.2) is 4.79 Å². The van der Waals surface area contributed by atoms with Crippen LogP contribution in [0.15, 0.2) is 24.3 Å². The molecule has 2 N–H and O–H groups in total. The lowest BCUT2D eigenvalue weighted by molar-refractivity contribution is 0.209. The van der Waals surface area contributed by atoms with Crippen LogP contribution in [-0.4, -0.2) is 42.1 Å². The lowest BCUT2D eigenvalue weighted by Crippen LogP contribution is -2.39. The van der Waals surface area contributed by atoms with Crippen molar-refractivity contribution >= 4 is 23.5 Å². The molecule has 1 fully saturated rings. The zero-order valence-corrected chi connectivity index (χ0v) is 13.9. The van der Waals surface area contributed by atoms with Crippen LogP contribution in [0.1, 0.15) is 31.9 Å². The summed E-state index contributed by atoms with van der Waals surface area (Å²) in [5.41, 5.74) is 2.05. The molecule has 2 rings (SSSR count). The molecule has 0 aromatic heterocycles. The van der Waals surface area contributed by atoms with E-state index in [4.69, 9.17) is 0 Å². The van der Waals surface area contributed by atoms with E-state index in [1.807, 2.05) is 41.9 Å². The maximum absolute atomic E-state index is 12.3. The third-order valence-electron chi connectivity index (χ3n) is 3.92. The number of hydrogen-bond donors (Lipinski definition) is 2. The van der Waals surface area contributed by atoms with Gasteiger partial charge in [0, 0.05) is 30.6 Å². The number of urea groups is 1. The third-order valence-corrected chi connectivity index (χ3v) is 5.07. The summed E-state index contributed by atoms with van der Waals surface area (Å²) in [6, 6.07) is 8.69. The first kappa shape index (κ1) is 16.2. The van der Waals surface area contributed by atoms with E-state index in [0.29, 0.717) is 6.04 Å². The first-order chi connectivity index (χ1) is 10.1. The van der Waals surface area contributed by atoms with Gasteiger partial charge in [0.25, 0.3) is 0 Å². The van der Waals surface area contributed by atoms with Crippen LogP contribution in [0.2, 0.25) is 0 Å². The van der Waals surface area contributed by atoms with Crippen LogP contribution in [-0.2, 0) is 0 Å². The van der Waals surface area contributed by atoms with E-state index in [9.17, 15) is 4.79 Å². The molecular formula is C16H25N3OS. The summed E-state index contributed by atoms with van der Waals surface area (Å²) in [4.78, 5) is 14.1. The topological polar surface area (TPSA) is 44.4 Å². The van der Waals surface area contributed by atoms with Gasteiger partial charge in [-0.1, -0.05) is 19.1 Å². The minimum Gasteiger partial charge on any atom is -0.324 e. The molecule has 0 bridgehead atoms. The Morgan fingerprint density at radius 1 is 1.52 bits per heavy atom. The van der Waals surface area contributed by atoms with Gasteiger partial charge >= 0.3 is 6.03 Å². The van der Waals surface area contributed by atoms with Gasteiger partial charge < -0.3 is 15.5 Å². The summed E-state index contributed by atoms with van der Waals surface area (Å²) < 4.78 is 0. The molecule has 2 unspecified atom stereocenters. The van der Waals surface area contributed by atoms with Gasteiger partial charge in [-0.2, -0.15) is 11.8 Å². The van der Waals surface area contributed by atoms with Crippen LogP contribution in [0, 0.1) is 0 Å². The number of rotatable bonds is 5. The Balaban J connectivity index is 1.98. The molecule has 1 aromatic carbocycles. The Bertz CT molecular complexity index is 474. The molecule has 1 aliphatic heterocycles. The molecule has 1 saturated heterocycles. The maximum atomic E-state index is 12.3. The molecule has 0 aliphatic carbocycles. The van der Waals surface area contributed by atoms with Crippen molar-refractivity contribution in [2.45, 2.75) is 32.4 Å². The fourth-order valence-corrected chi connectivity index (χ4v) is 3.78. The van der Waals surface area contributed by atoms with E-state index < -0.39 is 0 Å². The van der Waals surface area contributed by atoms with Gasteiger partial charge in [0.2, 0.25) is 0 Å². The number of nitrogens with zero attached hydrogens (tertiary/aromatic N) is 1. The normalized spacial score (nSPS) is 19.3. The standard InChI is InChI=1S/C16H25N3OS/c1-4-17-12(2)13-6-5-7-14(10-13)18-16(20)19(3)15-8-9-21-11-15/h5-7,10,12,15,17H,4,8-9,11H2,1-3H3,(H,18,20). The summed E-state index contributed by atoms with van der Waals surface area (Å²) in [5.74, 6) is 2.19. The van der Waals surface area contributed by atoms with E-state index in [2.05, 4.69) is 30.5 Å². The Hall–Kier alpha value is -1.20. The second-order valence-electron chi connectivity index (χ2n) is 5.46. The van der Waals surface area contributed by atoms with E-state index in [0.717, 1.165) is 30.2 Å². The van der Waals surface area contributed by atoms with Crippen molar-refractivity contribution in [2.24, 2.45) is 0 Å². The number of nitrogens with one attached hydrogen (secondary N) is 2. The minimum atomic E-state index is -0.0178. The molecule has 5 heteroatoms. The number of carbonyl (C=O) groups is 1. The highest BCUT2D eigenvalue weighted by molar-refractivity contribution is 7.99. The van der Waals surface area contributed by atoms with E-state index in [1.54, 1.807) is 0 Å². The fraction of sp³-hybridized carbons (Fsp3) is 0.562. The molecule has 1 aliphatic rings. The van der Waals surface area contributed by atoms with E-state index in [-0.39, 0.29) is 12.1 Å². The fourth-order valence-electron chi connectivity index (χ4n) is 2.51. The number of hydrogen-bond acceptors (Lipinski definition) is 3. The van der Waals surface area contributed by atoms with E-state index in [1.165, 1.54) is 5.56 Å².